The third-order valence-corrected chi connectivity index (χ3v) is 6.37. The third-order valence-electron chi connectivity index (χ3n) is 6.37. The van der Waals surface area contributed by atoms with Crippen LogP contribution in [0, 0.1) is 5.92 Å². The highest BCUT2D eigenvalue weighted by Gasteiger charge is 2.31. The van der Waals surface area contributed by atoms with Gasteiger partial charge in [-0.25, -0.2) is 0 Å². The monoisotopic (exact) mass is 494 g/mol. The maximum atomic E-state index is 12.0. The van der Waals surface area contributed by atoms with Crippen LogP contribution in [0.1, 0.15) is 35.7 Å². The fourth-order valence-electron chi connectivity index (χ4n) is 4.24. The largest absolute Gasteiger partial charge is 0.378 e. The number of carbonyl (C=O) groups is 3. The van der Waals surface area contributed by atoms with Gasteiger partial charge in [-0.15, -0.1) is 0 Å². The van der Waals surface area contributed by atoms with Gasteiger partial charge < -0.3 is 35.1 Å². The van der Waals surface area contributed by atoms with Crippen molar-refractivity contribution in [3.63, 3.8) is 0 Å². The molecule has 35 heavy (non-hydrogen) atoms. The van der Waals surface area contributed by atoms with Crippen LogP contribution in [0.3, 0.4) is 0 Å². The highest BCUT2D eigenvalue weighted by atomic mass is 16.5. The highest BCUT2D eigenvalue weighted by molar-refractivity contribution is 5.92. The van der Waals surface area contributed by atoms with E-state index in [1.165, 1.54) is 6.20 Å². The van der Waals surface area contributed by atoms with Crippen LogP contribution in [0.2, 0.25) is 0 Å². The number of primary amides is 1. The normalized spacial score (nSPS) is 19.4. The molecule has 0 aromatic carbocycles. The topological polar surface area (TPSA) is 141 Å². The summed E-state index contributed by atoms with van der Waals surface area (Å²) in [6, 6.07) is 0.298. The van der Waals surface area contributed by atoms with Gasteiger partial charge in [-0.05, 0) is 12.8 Å². The molecule has 196 valence electrons. The lowest BCUT2D eigenvalue weighted by Gasteiger charge is -2.31. The lowest BCUT2D eigenvalue weighted by Crippen LogP contribution is -2.37. The van der Waals surface area contributed by atoms with Gasteiger partial charge in [-0.1, -0.05) is 0 Å². The Hall–Kier alpha value is -2.54. The number of hydrogen-bond acceptors (Lipinski definition) is 8. The number of carbonyl (C=O) groups excluding carboxylic acids is 3. The van der Waals surface area contributed by atoms with Crippen molar-refractivity contribution < 1.29 is 28.6 Å². The molecule has 3 amide bonds. The van der Waals surface area contributed by atoms with Crippen LogP contribution in [0.15, 0.2) is 12.4 Å². The van der Waals surface area contributed by atoms with E-state index in [2.05, 4.69) is 15.3 Å². The van der Waals surface area contributed by atoms with Crippen molar-refractivity contribution >= 4 is 17.7 Å². The highest BCUT2D eigenvalue weighted by Crippen LogP contribution is 2.22. The molecule has 1 aromatic rings. The van der Waals surface area contributed by atoms with Gasteiger partial charge in [-0.2, -0.15) is 5.10 Å². The van der Waals surface area contributed by atoms with Crippen LogP contribution >= 0.6 is 0 Å². The van der Waals surface area contributed by atoms with Crippen LogP contribution in [0.25, 0.3) is 0 Å². The van der Waals surface area contributed by atoms with Crippen LogP contribution in [0.5, 0.6) is 0 Å². The van der Waals surface area contributed by atoms with Crippen molar-refractivity contribution in [2.75, 3.05) is 79.4 Å². The van der Waals surface area contributed by atoms with Gasteiger partial charge in [0.2, 0.25) is 11.8 Å². The van der Waals surface area contributed by atoms with E-state index in [4.69, 9.17) is 19.9 Å². The second kappa shape index (κ2) is 14.1. The summed E-state index contributed by atoms with van der Waals surface area (Å²) in [6.07, 6.45) is 5.49. The third kappa shape index (κ3) is 8.88. The summed E-state index contributed by atoms with van der Waals surface area (Å²) in [5.74, 6) is -0.796. The van der Waals surface area contributed by atoms with E-state index in [1.807, 2.05) is 4.68 Å². The zero-order chi connectivity index (χ0) is 25.0. The maximum Gasteiger partial charge on any atom is 0.251 e. The number of piperidine rings is 1. The quantitative estimate of drug-likeness (QED) is 0.304. The van der Waals surface area contributed by atoms with Crippen molar-refractivity contribution in [1.29, 1.82) is 0 Å². The minimum atomic E-state index is -0.448. The summed E-state index contributed by atoms with van der Waals surface area (Å²) in [4.78, 5) is 38.6. The Morgan fingerprint density at radius 3 is 2.34 bits per heavy atom. The van der Waals surface area contributed by atoms with Crippen LogP contribution in [0.4, 0.5) is 0 Å². The number of hydrogen-bond donors (Lipinski definition) is 2. The van der Waals surface area contributed by atoms with E-state index in [-0.39, 0.29) is 24.2 Å². The first-order valence-corrected chi connectivity index (χ1v) is 12.2. The predicted molar refractivity (Wildman–Crippen MR) is 127 cm³/mol. The molecule has 1 aromatic heterocycles. The zero-order valence-corrected chi connectivity index (χ0v) is 20.5. The van der Waals surface area contributed by atoms with Crippen molar-refractivity contribution in [2.24, 2.45) is 11.7 Å². The van der Waals surface area contributed by atoms with Gasteiger partial charge in [0.1, 0.15) is 0 Å². The molecule has 3 rings (SSSR count). The molecule has 2 fully saturated rings. The SMILES string of the molecule is CN1CC(C(=O)NCCOCCOCCOCCN2CCC(n3cc(C(N)=O)cn3)CC2)CC1=O. The van der Waals surface area contributed by atoms with E-state index in [9.17, 15) is 14.4 Å². The summed E-state index contributed by atoms with van der Waals surface area (Å²) < 4.78 is 18.5. The van der Waals surface area contributed by atoms with Crippen molar-refractivity contribution in [3.05, 3.63) is 18.0 Å². The number of nitrogens with zero attached hydrogens (tertiary/aromatic N) is 4. The number of nitrogens with two attached hydrogens (primary N) is 1. The molecule has 12 nitrogen and oxygen atoms in total. The zero-order valence-electron chi connectivity index (χ0n) is 20.5. The van der Waals surface area contributed by atoms with E-state index in [0.717, 1.165) is 32.5 Å². The molecule has 1 atom stereocenters. The number of rotatable bonds is 15. The average Bonchev–Trinajstić information content (AvgIpc) is 3.47. The predicted octanol–water partition coefficient (Wildman–Crippen LogP) is -0.737. The van der Waals surface area contributed by atoms with Crippen LogP contribution in [-0.2, 0) is 23.8 Å². The van der Waals surface area contributed by atoms with E-state index >= 15 is 0 Å². The minimum Gasteiger partial charge on any atom is -0.378 e. The molecule has 0 radical (unpaired) electrons. The first-order chi connectivity index (χ1) is 16.9. The van der Waals surface area contributed by atoms with E-state index in [1.54, 1.807) is 18.1 Å². The first-order valence-electron chi connectivity index (χ1n) is 12.2. The molecule has 2 saturated heterocycles. The Labute approximate surface area is 206 Å². The molecule has 0 bridgehead atoms. The Morgan fingerprint density at radius 1 is 1.09 bits per heavy atom. The van der Waals surface area contributed by atoms with Crippen molar-refractivity contribution in [3.8, 4) is 0 Å². The maximum absolute atomic E-state index is 12.0. The molecule has 1 unspecified atom stereocenters. The Bertz CT molecular complexity index is 825. The number of ether oxygens (including phenoxy) is 3. The number of amides is 3. The van der Waals surface area contributed by atoms with Crippen LogP contribution in [-0.4, -0.2) is 117 Å². The van der Waals surface area contributed by atoms with Crippen molar-refractivity contribution in [1.82, 2.24) is 24.9 Å². The number of likely N-dealkylation sites (tertiary alicyclic amines) is 2. The average molecular weight is 495 g/mol. The molecule has 3 N–H and O–H groups in total. The Morgan fingerprint density at radius 2 is 1.74 bits per heavy atom. The molecule has 2 aliphatic heterocycles. The van der Waals surface area contributed by atoms with Gasteiger partial charge in [-0.3, -0.25) is 19.1 Å². The van der Waals surface area contributed by atoms with Gasteiger partial charge in [0.25, 0.3) is 5.91 Å². The summed E-state index contributed by atoms with van der Waals surface area (Å²) in [7, 11) is 1.71. The summed E-state index contributed by atoms with van der Waals surface area (Å²) in [6.45, 7) is 6.72. The smallest absolute Gasteiger partial charge is 0.251 e. The van der Waals surface area contributed by atoms with Gasteiger partial charge in [0.15, 0.2) is 0 Å². The van der Waals surface area contributed by atoms with Crippen molar-refractivity contribution in [2.45, 2.75) is 25.3 Å². The van der Waals surface area contributed by atoms with E-state index < -0.39 is 5.91 Å². The number of nitrogens with one attached hydrogen (secondary N) is 1. The fourth-order valence-corrected chi connectivity index (χ4v) is 4.24. The molecule has 0 saturated carbocycles. The van der Waals surface area contributed by atoms with Crippen LogP contribution < -0.4 is 11.1 Å². The number of aromatic nitrogens is 2. The molecular weight excluding hydrogens is 456 g/mol. The minimum absolute atomic E-state index is 0.0102. The second-order valence-electron chi connectivity index (χ2n) is 8.95. The fraction of sp³-hybridized carbons (Fsp3) is 0.739. The van der Waals surface area contributed by atoms with Gasteiger partial charge in [0.05, 0.1) is 63.4 Å². The summed E-state index contributed by atoms with van der Waals surface area (Å²) >= 11 is 0. The van der Waals surface area contributed by atoms with E-state index in [0.29, 0.717) is 64.3 Å². The molecule has 3 heterocycles. The Kier molecular flexibility index (Phi) is 10.9. The van der Waals surface area contributed by atoms with Gasteiger partial charge >= 0.3 is 0 Å². The first kappa shape index (κ1) is 27.1. The molecule has 0 spiro atoms. The molecular formula is C23H38N6O6. The summed E-state index contributed by atoms with van der Waals surface area (Å²) in [5, 5.41) is 7.07. The summed E-state index contributed by atoms with van der Waals surface area (Å²) in [5.41, 5.74) is 5.74. The second-order valence-corrected chi connectivity index (χ2v) is 8.95. The lowest BCUT2D eigenvalue weighted by molar-refractivity contribution is -0.128. The van der Waals surface area contributed by atoms with Gasteiger partial charge in [0, 0.05) is 52.4 Å². The lowest BCUT2D eigenvalue weighted by atomic mass is 10.1. The Balaban J connectivity index is 1.09. The molecule has 0 aliphatic carbocycles. The molecule has 2 aliphatic rings. The standard InChI is InChI=1S/C23H38N6O6/c1-27-16-18(14-21(27)30)23(32)25-4-8-33-10-12-35-13-11-34-9-7-28-5-2-20(3-6-28)29-17-19(15-26-29)22(24)31/h15,17-18,20H,2-14,16H2,1H3,(H2,24,31)(H,25,32). The molecule has 12 heteroatoms.